The molecule has 0 atom stereocenters. The summed E-state index contributed by atoms with van der Waals surface area (Å²) in [5, 5.41) is 5.18. The summed E-state index contributed by atoms with van der Waals surface area (Å²) in [4.78, 5) is 7.18. The zero-order valence-electron chi connectivity index (χ0n) is 8.31. The molecule has 0 spiro atoms. The van der Waals surface area contributed by atoms with E-state index in [-0.39, 0.29) is 11.8 Å². The molecule has 84 valence electrons. The molecule has 0 unspecified atom stereocenters. The van der Waals surface area contributed by atoms with Crippen molar-refractivity contribution in [1.82, 2.24) is 9.97 Å². The first-order valence-electron chi connectivity index (χ1n) is 4.35. The predicted molar refractivity (Wildman–Crippen MR) is 50.7 cm³/mol. The van der Waals surface area contributed by atoms with Crippen molar-refractivity contribution < 1.29 is 13.2 Å². The predicted octanol–water partition coefficient (Wildman–Crippen LogP) is 1.97. The molecule has 2 N–H and O–H groups in total. The highest BCUT2D eigenvalue weighted by atomic mass is 19.4. The van der Waals surface area contributed by atoms with E-state index in [1.165, 1.54) is 7.05 Å². The molecule has 4 nitrogen and oxygen atoms in total. The molecule has 0 fully saturated rings. The third-order valence-electron chi connectivity index (χ3n) is 1.61. The summed E-state index contributed by atoms with van der Waals surface area (Å²) in [5.41, 5.74) is -0.960. The SMILES string of the molecule is CCNc1nc(NC)cc(C(F)(F)F)n1. The molecule has 1 aromatic heterocycles. The van der Waals surface area contributed by atoms with Gasteiger partial charge in [-0.25, -0.2) is 4.98 Å². The highest BCUT2D eigenvalue weighted by Crippen LogP contribution is 2.29. The Morgan fingerprint density at radius 2 is 2.00 bits per heavy atom. The van der Waals surface area contributed by atoms with Crippen molar-refractivity contribution in [3.05, 3.63) is 11.8 Å². The zero-order valence-corrected chi connectivity index (χ0v) is 8.31. The van der Waals surface area contributed by atoms with Crippen LogP contribution in [0.1, 0.15) is 12.6 Å². The summed E-state index contributed by atoms with van der Waals surface area (Å²) >= 11 is 0. The Balaban J connectivity index is 3.11. The first-order chi connectivity index (χ1) is 6.97. The molecule has 0 saturated heterocycles. The Kier molecular flexibility index (Phi) is 3.33. The van der Waals surface area contributed by atoms with Crippen LogP contribution in [0.4, 0.5) is 24.9 Å². The van der Waals surface area contributed by atoms with Crippen LogP contribution in [0.3, 0.4) is 0 Å². The minimum absolute atomic E-state index is 0.0309. The van der Waals surface area contributed by atoms with Gasteiger partial charge < -0.3 is 10.6 Å². The molecule has 0 aliphatic carbocycles. The molecule has 0 amide bonds. The van der Waals surface area contributed by atoms with Crippen LogP contribution in [0.15, 0.2) is 6.07 Å². The average Bonchev–Trinajstić information content (AvgIpc) is 2.16. The van der Waals surface area contributed by atoms with E-state index < -0.39 is 11.9 Å². The molecule has 1 heterocycles. The summed E-state index contributed by atoms with van der Waals surface area (Å²) in [7, 11) is 1.50. The topological polar surface area (TPSA) is 49.8 Å². The van der Waals surface area contributed by atoms with Crippen LogP contribution >= 0.6 is 0 Å². The number of nitrogens with one attached hydrogen (secondary N) is 2. The fraction of sp³-hybridized carbons (Fsp3) is 0.500. The number of nitrogens with zero attached hydrogens (tertiary/aromatic N) is 2. The molecule has 0 aliphatic rings. The van der Waals surface area contributed by atoms with E-state index in [1.807, 2.05) is 0 Å². The normalized spacial score (nSPS) is 11.3. The summed E-state index contributed by atoms with van der Waals surface area (Å²) in [6.07, 6.45) is -4.46. The maximum Gasteiger partial charge on any atom is 0.433 e. The van der Waals surface area contributed by atoms with Gasteiger partial charge in [0.1, 0.15) is 5.82 Å². The molecule has 1 aromatic rings. The van der Waals surface area contributed by atoms with Crippen molar-refractivity contribution in [3.63, 3.8) is 0 Å². The van der Waals surface area contributed by atoms with Crippen molar-refractivity contribution >= 4 is 11.8 Å². The quantitative estimate of drug-likeness (QED) is 0.817. The molecule has 1 rings (SSSR count). The van der Waals surface area contributed by atoms with Gasteiger partial charge in [-0.2, -0.15) is 18.2 Å². The van der Waals surface area contributed by atoms with Crippen LogP contribution in [0.25, 0.3) is 0 Å². The van der Waals surface area contributed by atoms with Gasteiger partial charge in [0, 0.05) is 19.7 Å². The molecular formula is C8H11F3N4. The second kappa shape index (κ2) is 4.33. The molecule has 0 saturated carbocycles. The standard InChI is InChI=1S/C8H11F3N4/c1-3-13-7-14-5(8(9,10)11)4-6(12-2)15-7/h4H,3H2,1-2H3,(H2,12,13,14,15). The Morgan fingerprint density at radius 1 is 1.33 bits per heavy atom. The zero-order chi connectivity index (χ0) is 11.5. The van der Waals surface area contributed by atoms with E-state index in [4.69, 9.17) is 0 Å². The van der Waals surface area contributed by atoms with Crippen molar-refractivity contribution in [2.45, 2.75) is 13.1 Å². The van der Waals surface area contributed by atoms with E-state index in [0.717, 1.165) is 6.07 Å². The van der Waals surface area contributed by atoms with Crippen LogP contribution in [0, 0.1) is 0 Å². The van der Waals surface area contributed by atoms with Gasteiger partial charge in [0.25, 0.3) is 0 Å². The van der Waals surface area contributed by atoms with E-state index >= 15 is 0 Å². The summed E-state index contributed by atoms with van der Waals surface area (Å²) in [6.45, 7) is 2.22. The smallest absolute Gasteiger partial charge is 0.373 e. The Hall–Kier alpha value is -1.53. The van der Waals surface area contributed by atoms with Crippen molar-refractivity contribution in [2.24, 2.45) is 0 Å². The first kappa shape index (κ1) is 11.5. The fourth-order valence-electron chi connectivity index (χ4n) is 0.958. The lowest BCUT2D eigenvalue weighted by molar-refractivity contribution is -0.141. The number of alkyl halides is 3. The van der Waals surface area contributed by atoms with Crippen LogP contribution < -0.4 is 10.6 Å². The third kappa shape index (κ3) is 2.97. The number of aromatic nitrogens is 2. The molecule has 0 bridgehead atoms. The first-order valence-corrected chi connectivity index (χ1v) is 4.35. The van der Waals surface area contributed by atoms with Crippen molar-refractivity contribution in [2.75, 3.05) is 24.2 Å². The maximum atomic E-state index is 12.4. The van der Waals surface area contributed by atoms with E-state index in [2.05, 4.69) is 20.6 Å². The van der Waals surface area contributed by atoms with Gasteiger partial charge in [-0.3, -0.25) is 0 Å². The van der Waals surface area contributed by atoms with Crippen LogP contribution in [0.5, 0.6) is 0 Å². The van der Waals surface area contributed by atoms with Gasteiger partial charge >= 0.3 is 6.18 Å². The Bertz CT molecular complexity index is 337. The second-order valence-electron chi connectivity index (χ2n) is 2.74. The summed E-state index contributed by atoms with van der Waals surface area (Å²) in [5.74, 6) is 0.102. The molecule has 0 aromatic carbocycles. The fourth-order valence-corrected chi connectivity index (χ4v) is 0.958. The largest absolute Gasteiger partial charge is 0.433 e. The van der Waals surface area contributed by atoms with Gasteiger partial charge in [0.05, 0.1) is 0 Å². The highest BCUT2D eigenvalue weighted by Gasteiger charge is 2.33. The second-order valence-corrected chi connectivity index (χ2v) is 2.74. The lowest BCUT2D eigenvalue weighted by atomic mass is 10.4. The Morgan fingerprint density at radius 3 is 2.47 bits per heavy atom. The third-order valence-corrected chi connectivity index (χ3v) is 1.61. The van der Waals surface area contributed by atoms with E-state index in [1.54, 1.807) is 6.92 Å². The minimum atomic E-state index is -4.46. The number of hydrogen-bond acceptors (Lipinski definition) is 4. The van der Waals surface area contributed by atoms with Crippen LogP contribution in [0.2, 0.25) is 0 Å². The van der Waals surface area contributed by atoms with Crippen LogP contribution in [-0.4, -0.2) is 23.6 Å². The molecule has 0 radical (unpaired) electrons. The monoisotopic (exact) mass is 220 g/mol. The van der Waals surface area contributed by atoms with Crippen molar-refractivity contribution in [3.8, 4) is 0 Å². The molecular weight excluding hydrogens is 209 g/mol. The van der Waals surface area contributed by atoms with Gasteiger partial charge in [-0.1, -0.05) is 0 Å². The molecule has 15 heavy (non-hydrogen) atoms. The van der Waals surface area contributed by atoms with E-state index in [0.29, 0.717) is 6.54 Å². The summed E-state index contributed by atoms with van der Waals surface area (Å²) < 4.78 is 37.1. The molecule has 7 heteroatoms. The summed E-state index contributed by atoms with van der Waals surface area (Å²) in [6, 6.07) is 0.862. The van der Waals surface area contributed by atoms with Gasteiger partial charge in [0.2, 0.25) is 5.95 Å². The van der Waals surface area contributed by atoms with Crippen LogP contribution in [-0.2, 0) is 6.18 Å². The minimum Gasteiger partial charge on any atom is -0.373 e. The highest BCUT2D eigenvalue weighted by molar-refractivity contribution is 5.42. The van der Waals surface area contributed by atoms with Gasteiger partial charge in [0.15, 0.2) is 5.69 Å². The number of halogens is 3. The average molecular weight is 220 g/mol. The Labute approximate surface area is 84.9 Å². The number of anilines is 2. The van der Waals surface area contributed by atoms with Crippen molar-refractivity contribution in [1.29, 1.82) is 0 Å². The number of hydrogen-bond donors (Lipinski definition) is 2. The molecule has 0 aliphatic heterocycles. The maximum absolute atomic E-state index is 12.4. The van der Waals surface area contributed by atoms with Gasteiger partial charge in [-0.15, -0.1) is 0 Å². The lowest BCUT2D eigenvalue weighted by Gasteiger charge is -2.10. The number of rotatable bonds is 3. The van der Waals surface area contributed by atoms with Gasteiger partial charge in [-0.05, 0) is 6.92 Å². The lowest BCUT2D eigenvalue weighted by Crippen LogP contribution is -2.13. The van der Waals surface area contributed by atoms with E-state index in [9.17, 15) is 13.2 Å².